The first kappa shape index (κ1) is 13.7. The van der Waals surface area contributed by atoms with E-state index in [9.17, 15) is 14.4 Å². The highest BCUT2D eigenvalue weighted by molar-refractivity contribution is 7.80. The summed E-state index contributed by atoms with van der Waals surface area (Å²) in [5.74, 6) is -2.20. The van der Waals surface area contributed by atoms with Crippen molar-refractivity contribution in [2.45, 2.75) is 6.04 Å². The topological polar surface area (TPSA) is 122 Å². The molecule has 0 aromatic carbocycles. The molecule has 86 valence electrons. The molecule has 0 aromatic rings. The minimum Gasteiger partial charge on any atom is -0.480 e. The van der Waals surface area contributed by atoms with Gasteiger partial charge >= 0.3 is 5.97 Å². The van der Waals surface area contributed by atoms with E-state index in [1.165, 1.54) is 0 Å². The van der Waals surface area contributed by atoms with Gasteiger partial charge in [0.1, 0.15) is 12.6 Å². The molecule has 1 atom stereocenters. The van der Waals surface area contributed by atoms with Gasteiger partial charge in [-0.1, -0.05) is 0 Å². The van der Waals surface area contributed by atoms with Gasteiger partial charge in [-0.3, -0.25) is 14.4 Å². The summed E-state index contributed by atoms with van der Waals surface area (Å²) in [6.45, 7) is -0.738. The molecule has 0 fully saturated rings. The Balaban J connectivity index is 4.10. The van der Waals surface area contributed by atoms with Gasteiger partial charge in [0.15, 0.2) is 0 Å². The van der Waals surface area contributed by atoms with Crippen molar-refractivity contribution < 1.29 is 19.5 Å². The zero-order valence-electron chi connectivity index (χ0n) is 7.90. The van der Waals surface area contributed by atoms with Gasteiger partial charge in [0.05, 0.1) is 6.54 Å². The summed E-state index contributed by atoms with van der Waals surface area (Å²) in [5.41, 5.74) is 5.03. The highest BCUT2D eigenvalue weighted by atomic mass is 32.1. The first-order chi connectivity index (χ1) is 7.01. The summed E-state index contributed by atoms with van der Waals surface area (Å²) >= 11 is 3.85. The second-order valence-corrected chi connectivity index (χ2v) is 2.98. The zero-order chi connectivity index (χ0) is 11.8. The predicted molar refractivity (Wildman–Crippen MR) is 55.5 cm³/mol. The van der Waals surface area contributed by atoms with Gasteiger partial charge in [-0.25, -0.2) is 0 Å². The van der Waals surface area contributed by atoms with Gasteiger partial charge < -0.3 is 21.5 Å². The van der Waals surface area contributed by atoms with Crippen molar-refractivity contribution >= 4 is 30.4 Å². The minimum absolute atomic E-state index is 0.0667. The van der Waals surface area contributed by atoms with Gasteiger partial charge in [0, 0.05) is 5.75 Å². The molecule has 1 unspecified atom stereocenters. The normalized spacial score (nSPS) is 11.6. The molecule has 7 nitrogen and oxygen atoms in total. The van der Waals surface area contributed by atoms with Crippen molar-refractivity contribution in [1.82, 2.24) is 10.6 Å². The molecule has 0 aliphatic rings. The Bertz CT molecular complexity index is 259. The lowest BCUT2D eigenvalue weighted by atomic mass is 10.3. The number of carboxylic acids is 1. The van der Waals surface area contributed by atoms with Crippen LogP contribution in [0.4, 0.5) is 0 Å². The molecule has 0 saturated carbocycles. The molecule has 0 aromatic heterocycles. The average Bonchev–Trinajstić information content (AvgIpc) is 2.21. The first-order valence-corrected chi connectivity index (χ1v) is 4.74. The Labute approximate surface area is 91.8 Å². The summed E-state index contributed by atoms with van der Waals surface area (Å²) < 4.78 is 0. The molecule has 0 aliphatic heterocycles. The van der Waals surface area contributed by atoms with Crippen molar-refractivity contribution in [1.29, 1.82) is 0 Å². The van der Waals surface area contributed by atoms with Crippen LogP contribution in [-0.2, 0) is 14.4 Å². The number of carboxylic acid groups (broad SMARTS) is 1. The average molecular weight is 235 g/mol. The van der Waals surface area contributed by atoms with Gasteiger partial charge in [-0.05, 0) is 0 Å². The fraction of sp³-hybridized carbons (Fsp3) is 0.571. The number of nitrogens with one attached hydrogen (secondary N) is 2. The van der Waals surface area contributed by atoms with Gasteiger partial charge in [-0.15, -0.1) is 0 Å². The molecule has 15 heavy (non-hydrogen) atoms. The van der Waals surface area contributed by atoms with E-state index in [1.807, 2.05) is 0 Å². The Morgan fingerprint density at radius 1 is 1.40 bits per heavy atom. The van der Waals surface area contributed by atoms with E-state index >= 15 is 0 Å². The SMILES string of the molecule is NCC(=O)NC(CS)C(=O)NCC(=O)O. The summed E-state index contributed by atoms with van der Waals surface area (Å²) in [7, 11) is 0. The van der Waals surface area contributed by atoms with Crippen molar-refractivity contribution in [3.8, 4) is 0 Å². The largest absolute Gasteiger partial charge is 0.480 e. The summed E-state index contributed by atoms with van der Waals surface area (Å²) in [4.78, 5) is 32.3. The lowest BCUT2D eigenvalue weighted by molar-refractivity contribution is -0.138. The van der Waals surface area contributed by atoms with E-state index in [2.05, 4.69) is 23.3 Å². The van der Waals surface area contributed by atoms with E-state index < -0.39 is 30.4 Å². The van der Waals surface area contributed by atoms with Gasteiger partial charge in [-0.2, -0.15) is 12.6 Å². The molecule has 0 heterocycles. The lowest BCUT2D eigenvalue weighted by Gasteiger charge is -2.14. The minimum atomic E-state index is -1.16. The maximum atomic E-state index is 11.3. The Hall–Kier alpha value is -1.28. The van der Waals surface area contributed by atoms with Crippen molar-refractivity contribution in [3.05, 3.63) is 0 Å². The van der Waals surface area contributed by atoms with Crippen LogP contribution in [-0.4, -0.2) is 47.8 Å². The molecule has 5 N–H and O–H groups in total. The van der Waals surface area contributed by atoms with Crippen LogP contribution in [0, 0.1) is 0 Å². The van der Waals surface area contributed by atoms with Gasteiger partial charge in [0.2, 0.25) is 11.8 Å². The molecule has 0 bridgehead atoms. The molecule has 0 aliphatic carbocycles. The number of aliphatic carboxylic acids is 1. The summed E-state index contributed by atoms with van der Waals surface area (Å²) in [6, 6.07) is -0.872. The molecular formula is C7H13N3O4S. The molecular weight excluding hydrogens is 222 g/mol. The van der Waals surface area contributed by atoms with Crippen LogP contribution in [0.1, 0.15) is 0 Å². The highest BCUT2D eigenvalue weighted by Crippen LogP contribution is 1.88. The van der Waals surface area contributed by atoms with Crippen molar-refractivity contribution in [2.75, 3.05) is 18.8 Å². The third kappa shape index (κ3) is 5.92. The van der Waals surface area contributed by atoms with E-state index in [0.717, 1.165) is 0 Å². The number of thiol groups is 1. The maximum absolute atomic E-state index is 11.3. The van der Waals surface area contributed by atoms with E-state index in [1.54, 1.807) is 0 Å². The Kier molecular flexibility index (Phi) is 6.47. The highest BCUT2D eigenvalue weighted by Gasteiger charge is 2.18. The Morgan fingerprint density at radius 3 is 2.40 bits per heavy atom. The van der Waals surface area contributed by atoms with Crippen LogP contribution in [0.5, 0.6) is 0 Å². The van der Waals surface area contributed by atoms with Crippen LogP contribution < -0.4 is 16.4 Å². The number of hydrogen-bond donors (Lipinski definition) is 5. The zero-order valence-corrected chi connectivity index (χ0v) is 8.79. The predicted octanol–water partition coefficient (Wildman–Crippen LogP) is -2.44. The van der Waals surface area contributed by atoms with E-state index in [4.69, 9.17) is 10.8 Å². The second-order valence-electron chi connectivity index (χ2n) is 2.62. The number of carbonyl (C=O) groups is 3. The smallest absolute Gasteiger partial charge is 0.322 e. The quantitative estimate of drug-likeness (QED) is 0.327. The maximum Gasteiger partial charge on any atom is 0.322 e. The van der Waals surface area contributed by atoms with Crippen LogP contribution in [0.15, 0.2) is 0 Å². The van der Waals surface area contributed by atoms with Crippen molar-refractivity contribution in [2.24, 2.45) is 5.73 Å². The summed E-state index contributed by atoms with van der Waals surface area (Å²) in [6.07, 6.45) is 0. The van der Waals surface area contributed by atoms with Gasteiger partial charge in [0.25, 0.3) is 0 Å². The number of nitrogens with two attached hydrogens (primary N) is 1. The van der Waals surface area contributed by atoms with Crippen LogP contribution in [0.25, 0.3) is 0 Å². The summed E-state index contributed by atoms with van der Waals surface area (Å²) in [5, 5.41) is 12.7. The third-order valence-electron chi connectivity index (χ3n) is 1.43. The molecule has 2 amide bonds. The number of hydrogen-bond acceptors (Lipinski definition) is 5. The molecule has 0 rings (SSSR count). The monoisotopic (exact) mass is 235 g/mol. The fourth-order valence-corrected chi connectivity index (χ4v) is 0.990. The molecule has 0 saturated heterocycles. The Morgan fingerprint density at radius 2 is 2.00 bits per heavy atom. The second kappa shape index (κ2) is 7.07. The van der Waals surface area contributed by atoms with Crippen LogP contribution in [0.3, 0.4) is 0 Å². The first-order valence-electron chi connectivity index (χ1n) is 4.11. The van der Waals surface area contributed by atoms with Crippen LogP contribution in [0.2, 0.25) is 0 Å². The third-order valence-corrected chi connectivity index (χ3v) is 1.80. The number of rotatable bonds is 6. The fourth-order valence-electron chi connectivity index (χ4n) is 0.733. The van der Waals surface area contributed by atoms with Crippen molar-refractivity contribution in [3.63, 3.8) is 0 Å². The molecule has 0 spiro atoms. The standard InChI is InChI=1S/C7H13N3O4S/c8-1-5(11)10-4(3-15)7(14)9-2-6(12)13/h4,15H,1-3,8H2,(H,9,14)(H,10,11)(H,12,13). The number of amides is 2. The van der Waals surface area contributed by atoms with Crippen LogP contribution >= 0.6 is 12.6 Å². The molecule has 0 radical (unpaired) electrons. The molecule has 8 heteroatoms. The number of carbonyl (C=O) groups excluding carboxylic acids is 2. The van der Waals surface area contributed by atoms with E-state index in [0.29, 0.717) is 0 Å². The lowest BCUT2D eigenvalue weighted by Crippen LogP contribution is -2.50. The van der Waals surface area contributed by atoms with E-state index in [-0.39, 0.29) is 12.3 Å².